The van der Waals surface area contributed by atoms with Gasteiger partial charge in [0.15, 0.2) is 10.9 Å². The molecule has 0 bridgehead atoms. The average Bonchev–Trinajstić information content (AvgIpc) is 2.47. The van der Waals surface area contributed by atoms with Crippen LogP contribution in [0, 0.1) is 5.92 Å². The number of hydrogen-bond acceptors (Lipinski definition) is 3. The summed E-state index contributed by atoms with van der Waals surface area (Å²) in [5.74, 6) is 0.333. The smallest absolute Gasteiger partial charge is 0.184 e. The molecule has 114 valence electrons. The summed E-state index contributed by atoms with van der Waals surface area (Å²) in [6, 6.07) is 5.49. The first-order valence-corrected chi connectivity index (χ1v) is 8.15. The summed E-state index contributed by atoms with van der Waals surface area (Å²) in [5, 5.41) is 1.47. The van der Waals surface area contributed by atoms with Crippen molar-refractivity contribution in [3.05, 3.63) is 57.0 Å². The van der Waals surface area contributed by atoms with E-state index in [1.54, 1.807) is 0 Å². The maximum atomic E-state index is 12.4. The molecule has 1 fully saturated rings. The van der Waals surface area contributed by atoms with E-state index in [0.717, 1.165) is 18.4 Å². The quantitative estimate of drug-likeness (QED) is 0.708. The fourth-order valence-corrected chi connectivity index (χ4v) is 3.79. The summed E-state index contributed by atoms with van der Waals surface area (Å²) in [4.78, 5) is 20.3. The van der Waals surface area contributed by atoms with Gasteiger partial charge in [-0.2, -0.15) is 0 Å². The van der Waals surface area contributed by atoms with Gasteiger partial charge in [-0.15, -0.1) is 0 Å². The molecule has 1 heterocycles. The Kier molecular flexibility index (Phi) is 4.67. The first-order valence-electron chi connectivity index (χ1n) is 7.01. The molecule has 0 aliphatic heterocycles. The van der Waals surface area contributed by atoms with E-state index in [1.165, 1.54) is 12.4 Å². The minimum Gasteiger partial charge on any atom is -0.292 e. The Morgan fingerprint density at radius 1 is 1.09 bits per heavy atom. The lowest BCUT2D eigenvalue weighted by Crippen LogP contribution is -2.27. The fourth-order valence-electron chi connectivity index (χ4n) is 2.90. The van der Waals surface area contributed by atoms with Gasteiger partial charge in [0.05, 0.1) is 0 Å². The van der Waals surface area contributed by atoms with Gasteiger partial charge in [-0.05, 0) is 42.4 Å². The van der Waals surface area contributed by atoms with Crippen molar-refractivity contribution in [1.29, 1.82) is 0 Å². The standard InChI is InChI=1S/C16H13Cl3N2O/c17-11-2-1-3-12(18)14(11)10-5-4-9(10)8-13(22)15-16(19)21-7-6-20-15/h1-3,6-7,9-10H,4-5,8H2/t9-,10-/m0/s1. The molecule has 6 heteroatoms. The zero-order valence-corrected chi connectivity index (χ0v) is 13.9. The molecule has 2 aromatic rings. The lowest BCUT2D eigenvalue weighted by molar-refractivity contribution is 0.0914. The predicted octanol–water partition coefficient (Wildman–Crippen LogP) is 5.20. The van der Waals surface area contributed by atoms with Gasteiger partial charge in [0.25, 0.3) is 0 Å². The van der Waals surface area contributed by atoms with Gasteiger partial charge in [-0.1, -0.05) is 40.9 Å². The fraction of sp³-hybridized carbons (Fsp3) is 0.312. The molecule has 3 nitrogen and oxygen atoms in total. The minimum atomic E-state index is -0.0871. The summed E-state index contributed by atoms with van der Waals surface area (Å²) < 4.78 is 0. The molecule has 0 saturated heterocycles. The number of ketones is 1. The van der Waals surface area contributed by atoms with E-state index in [1.807, 2.05) is 18.2 Å². The Morgan fingerprint density at radius 2 is 1.77 bits per heavy atom. The van der Waals surface area contributed by atoms with Crippen LogP contribution in [0.15, 0.2) is 30.6 Å². The number of rotatable bonds is 4. The Morgan fingerprint density at radius 3 is 2.36 bits per heavy atom. The van der Waals surface area contributed by atoms with Crippen molar-refractivity contribution < 1.29 is 4.79 Å². The largest absolute Gasteiger partial charge is 0.292 e. The second kappa shape index (κ2) is 6.53. The molecule has 1 aromatic heterocycles. The van der Waals surface area contributed by atoms with Crippen LogP contribution in [0.1, 0.15) is 41.2 Å². The van der Waals surface area contributed by atoms with E-state index in [2.05, 4.69) is 9.97 Å². The van der Waals surface area contributed by atoms with Crippen LogP contribution in [0.4, 0.5) is 0 Å². The second-order valence-corrected chi connectivity index (χ2v) is 6.57. The highest BCUT2D eigenvalue weighted by Crippen LogP contribution is 2.49. The number of Topliss-reactive ketones (excluding diaryl/α,β-unsaturated/α-hetero) is 1. The highest BCUT2D eigenvalue weighted by atomic mass is 35.5. The van der Waals surface area contributed by atoms with Crippen molar-refractivity contribution >= 4 is 40.6 Å². The average molecular weight is 356 g/mol. The van der Waals surface area contributed by atoms with E-state index in [4.69, 9.17) is 34.8 Å². The second-order valence-electron chi connectivity index (χ2n) is 5.40. The van der Waals surface area contributed by atoms with Gasteiger partial charge in [0, 0.05) is 28.9 Å². The molecule has 0 unspecified atom stereocenters. The van der Waals surface area contributed by atoms with Crippen molar-refractivity contribution in [2.75, 3.05) is 0 Å². The third-order valence-corrected chi connectivity index (χ3v) is 5.09. The SMILES string of the molecule is O=C(C[C@@H]1CC[C@@H]1c1c(Cl)cccc1Cl)c1nccnc1Cl. The highest BCUT2D eigenvalue weighted by Gasteiger charge is 2.36. The Labute approximate surface area is 143 Å². The molecular weight excluding hydrogens is 343 g/mol. The maximum absolute atomic E-state index is 12.4. The third-order valence-electron chi connectivity index (χ3n) is 4.15. The molecule has 1 saturated carbocycles. The summed E-state index contributed by atoms with van der Waals surface area (Å²) in [6.07, 6.45) is 5.27. The van der Waals surface area contributed by atoms with Crippen LogP contribution < -0.4 is 0 Å². The van der Waals surface area contributed by atoms with Crippen LogP contribution in [0.25, 0.3) is 0 Å². The molecule has 1 aliphatic rings. The minimum absolute atomic E-state index is 0.0871. The van der Waals surface area contributed by atoms with E-state index in [-0.39, 0.29) is 28.5 Å². The summed E-state index contributed by atoms with van der Waals surface area (Å²) >= 11 is 18.5. The van der Waals surface area contributed by atoms with E-state index >= 15 is 0 Å². The van der Waals surface area contributed by atoms with Crippen molar-refractivity contribution in [3.63, 3.8) is 0 Å². The Bertz CT molecular complexity index is 700. The molecule has 0 amide bonds. The molecule has 1 aromatic carbocycles. The Hall–Kier alpha value is -1.16. The van der Waals surface area contributed by atoms with E-state index < -0.39 is 0 Å². The summed E-state index contributed by atoms with van der Waals surface area (Å²) in [6.45, 7) is 0. The van der Waals surface area contributed by atoms with E-state index in [9.17, 15) is 4.79 Å². The third kappa shape index (κ3) is 2.98. The molecule has 22 heavy (non-hydrogen) atoms. The van der Waals surface area contributed by atoms with Crippen molar-refractivity contribution in [3.8, 4) is 0 Å². The number of carbonyl (C=O) groups excluding carboxylic acids is 1. The number of nitrogens with zero attached hydrogens (tertiary/aromatic N) is 2. The van der Waals surface area contributed by atoms with Gasteiger partial charge < -0.3 is 0 Å². The van der Waals surface area contributed by atoms with Crippen LogP contribution >= 0.6 is 34.8 Å². The lowest BCUT2D eigenvalue weighted by Gasteiger charge is -2.37. The molecule has 2 atom stereocenters. The van der Waals surface area contributed by atoms with Crippen molar-refractivity contribution in [2.24, 2.45) is 5.92 Å². The number of aromatic nitrogens is 2. The lowest BCUT2D eigenvalue weighted by atomic mass is 9.68. The van der Waals surface area contributed by atoms with Gasteiger partial charge in [0.2, 0.25) is 0 Å². The highest BCUT2D eigenvalue weighted by molar-refractivity contribution is 6.36. The first-order chi connectivity index (χ1) is 10.6. The van der Waals surface area contributed by atoms with E-state index in [0.29, 0.717) is 16.5 Å². The van der Waals surface area contributed by atoms with Crippen LogP contribution in [0.2, 0.25) is 15.2 Å². The molecular formula is C16H13Cl3N2O. The van der Waals surface area contributed by atoms with Crippen molar-refractivity contribution in [2.45, 2.75) is 25.2 Å². The molecule has 3 rings (SSSR count). The van der Waals surface area contributed by atoms with Crippen LogP contribution in [-0.4, -0.2) is 15.8 Å². The molecule has 1 aliphatic carbocycles. The number of hydrogen-bond donors (Lipinski definition) is 0. The van der Waals surface area contributed by atoms with Gasteiger partial charge in [-0.3, -0.25) is 4.79 Å². The molecule has 0 radical (unpaired) electrons. The van der Waals surface area contributed by atoms with Gasteiger partial charge in [0.1, 0.15) is 5.69 Å². The molecule has 0 N–H and O–H groups in total. The zero-order chi connectivity index (χ0) is 15.7. The monoisotopic (exact) mass is 354 g/mol. The van der Waals surface area contributed by atoms with Gasteiger partial charge >= 0.3 is 0 Å². The predicted molar refractivity (Wildman–Crippen MR) is 87.9 cm³/mol. The first kappa shape index (κ1) is 15.7. The maximum Gasteiger partial charge on any atom is 0.184 e. The van der Waals surface area contributed by atoms with Crippen LogP contribution in [0.5, 0.6) is 0 Å². The zero-order valence-electron chi connectivity index (χ0n) is 11.6. The topological polar surface area (TPSA) is 42.9 Å². The number of halogens is 3. The van der Waals surface area contributed by atoms with Crippen molar-refractivity contribution in [1.82, 2.24) is 9.97 Å². The van der Waals surface area contributed by atoms with Crippen LogP contribution in [0.3, 0.4) is 0 Å². The summed E-state index contributed by atoms with van der Waals surface area (Å²) in [7, 11) is 0. The normalized spacial score (nSPS) is 20.5. The van der Waals surface area contributed by atoms with Crippen LogP contribution in [-0.2, 0) is 0 Å². The summed E-state index contributed by atoms with van der Waals surface area (Å²) in [5.41, 5.74) is 1.18. The Balaban J connectivity index is 1.77. The number of carbonyl (C=O) groups is 1. The molecule has 0 spiro atoms. The number of benzene rings is 1. The van der Waals surface area contributed by atoms with Gasteiger partial charge in [-0.25, -0.2) is 9.97 Å².